The molecule has 0 spiro atoms. The van der Waals surface area contributed by atoms with Crippen molar-refractivity contribution < 1.29 is 14.3 Å². The Morgan fingerprint density at radius 1 is 1.19 bits per heavy atom. The summed E-state index contributed by atoms with van der Waals surface area (Å²) in [5.74, 6) is 1.21. The molecule has 0 radical (unpaired) electrons. The molecule has 7 nitrogen and oxygen atoms in total. The molecule has 1 aromatic carbocycles. The van der Waals surface area contributed by atoms with E-state index >= 15 is 0 Å². The molecule has 0 aliphatic carbocycles. The summed E-state index contributed by atoms with van der Waals surface area (Å²) < 4.78 is 12.5. The number of carbonyl (C=O) groups excluding carboxylic acids is 1. The number of methoxy groups -OCH3 is 2. The van der Waals surface area contributed by atoms with Crippen LogP contribution in [0.25, 0.3) is 11.0 Å². The Hall–Kier alpha value is -3.22. The van der Waals surface area contributed by atoms with E-state index in [-0.39, 0.29) is 6.03 Å². The summed E-state index contributed by atoms with van der Waals surface area (Å²) in [6.07, 6.45) is 4.60. The minimum absolute atomic E-state index is 0.274. The van der Waals surface area contributed by atoms with Gasteiger partial charge in [0, 0.05) is 36.9 Å². The zero-order chi connectivity index (χ0) is 18.4. The summed E-state index contributed by atoms with van der Waals surface area (Å²) in [7, 11) is 3.13. The van der Waals surface area contributed by atoms with Gasteiger partial charge in [-0.3, -0.25) is 0 Å². The molecule has 0 aliphatic heterocycles. The van der Waals surface area contributed by atoms with Gasteiger partial charge in [-0.1, -0.05) is 0 Å². The molecule has 3 aromatic rings. The second-order valence-corrected chi connectivity index (χ2v) is 5.73. The van der Waals surface area contributed by atoms with Gasteiger partial charge in [-0.15, -0.1) is 0 Å². The van der Waals surface area contributed by atoms with Crippen LogP contribution < -0.4 is 20.1 Å². The average molecular weight is 354 g/mol. The largest absolute Gasteiger partial charge is 0.497 e. The van der Waals surface area contributed by atoms with Crippen LogP contribution >= 0.6 is 0 Å². The number of fused-ring (bicyclic) bond motifs is 1. The van der Waals surface area contributed by atoms with Gasteiger partial charge in [0.05, 0.1) is 19.9 Å². The normalized spacial score (nSPS) is 10.5. The quantitative estimate of drug-likeness (QED) is 0.639. The number of carbonyl (C=O) groups is 1. The predicted octanol–water partition coefficient (Wildman–Crippen LogP) is 3.27. The smallest absolute Gasteiger partial charge is 0.319 e. The lowest BCUT2D eigenvalue weighted by atomic mass is 10.2. The predicted molar refractivity (Wildman–Crippen MR) is 101 cm³/mol. The van der Waals surface area contributed by atoms with Crippen LogP contribution in [0.5, 0.6) is 11.5 Å². The summed E-state index contributed by atoms with van der Waals surface area (Å²) in [5.41, 5.74) is 1.55. The van der Waals surface area contributed by atoms with Crippen LogP contribution in [-0.4, -0.2) is 36.3 Å². The molecule has 0 saturated heterocycles. The van der Waals surface area contributed by atoms with Gasteiger partial charge in [-0.25, -0.2) is 9.78 Å². The monoisotopic (exact) mass is 354 g/mol. The van der Waals surface area contributed by atoms with Crippen LogP contribution in [-0.2, 0) is 6.54 Å². The lowest BCUT2D eigenvalue weighted by Gasteiger charge is -2.12. The first-order valence-electron chi connectivity index (χ1n) is 8.38. The first-order chi connectivity index (χ1) is 12.7. The number of aryl methyl sites for hydroxylation is 1. The lowest BCUT2D eigenvalue weighted by Crippen LogP contribution is -2.30. The SMILES string of the molecule is COc1ccc(NC(=O)NCCCn2ccc3cccnc32)c(OC)c1. The third-order valence-electron chi connectivity index (χ3n) is 4.04. The summed E-state index contributed by atoms with van der Waals surface area (Å²) in [6, 6.07) is 11.0. The van der Waals surface area contributed by atoms with E-state index in [9.17, 15) is 4.79 Å². The van der Waals surface area contributed by atoms with Crippen LogP contribution in [0.3, 0.4) is 0 Å². The molecule has 2 amide bonds. The van der Waals surface area contributed by atoms with E-state index in [1.165, 1.54) is 0 Å². The first kappa shape index (κ1) is 17.6. The van der Waals surface area contributed by atoms with Gasteiger partial charge in [-0.05, 0) is 36.8 Å². The van der Waals surface area contributed by atoms with E-state index in [0.717, 1.165) is 24.0 Å². The Balaban J connectivity index is 1.49. The number of pyridine rings is 1. The molecule has 2 heterocycles. The third-order valence-corrected chi connectivity index (χ3v) is 4.04. The van der Waals surface area contributed by atoms with E-state index in [2.05, 4.69) is 20.2 Å². The zero-order valence-corrected chi connectivity index (χ0v) is 14.9. The molecule has 0 unspecified atom stereocenters. The fourth-order valence-electron chi connectivity index (χ4n) is 2.72. The second kappa shape index (κ2) is 8.24. The van der Waals surface area contributed by atoms with Gasteiger partial charge in [0.1, 0.15) is 17.1 Å². The first-order valence-corrected chi connectivity index (χ1v) is 8.38. The summed E-state index contributed by atoms with van der Waals surface area (Å²) in [4.78, 5) is 16.5. The van der Waals surface area contributed by atoms with Crippen molar-refractivity contribution in [3.05, 3.63) is 48.8 Å². The second-order valence-electron chi connectivity index (χ2n) is 5.73. The number of nitrogens with zero attached hydrogens (tertiary/aromatic N) is 2. The number of nitrogens with one attached hydrogen (secondary N) is 2. The number of aromatic nitrogens is 2. The third kappa shape index (κ3) is 4.05. The molecule has 0 fully saturated rings. The molecule has 0 bridgehead atoms. The van der Waals surface area contributed by atoms with Crippen molar-refractivity contribution in [2.45, 2.75) is 13.0 Å². The van der Waals surface area contributed by atoms with Crippen molar-refractivity contribution in [2.24, 2.45) is 0 Å². The van der Waals surface area contributed by atoms with Gasteiger partial charge in [0.15, 0.2) is 0 Å². The Morgan fingerprint density at radius 2 is 2.08 bits per heavy atom. The molecular weight excluding hydrogens is 332 g/mol. The Kier molecular flexibility index (Phi) is 5.58. The Bertz CT molecular complexity index is 891. The summed E-state index contributed by atoms with van der Waals surface area (Å²) in [5, 5.41) is 6.75. The van der Waals surface area contributed by atoms with Crippen LogP contribution in [0.1, 0.15) is 6.42 Å². The van der Waals surface area contributed by atoms with Crippen molar-refractivity contribution in [1.29, 1.82) is 0 Å². The highest BCUT2D eigenvalue weighted by Crippen LogP contribution is 2.28. The van der Waals surface area contributed by atoms with Crippen molar-refractivity contribution in [2.75, 3.05) is 26.1 Å². The molecule has 26 heavy (non-hydrogen) atoms. The van der Waals surface area contributed by atoms with Crippen LogP contribution in [0, 0.1) is 0 Å². The van der Waals surface area contributed by atoms with Crippen molar-refractivity contribution in [1.82, 2.24) is 14.9 Å². The average Bonchev–Trinajstić information content (AvgIpc) is 3.08. The highest BCUT2D eigenvalue weighted by molar-refractivity contribution is 5.91. The fraction of sp³-hybridized carbons (Fsp3) is 0.263. The number of hydrogen-bond donors (Lipinski definition) is 2. The number of ether oxygens (including phenoxy) is 2. The number of urea groups is 1. The Morgan fingerprint density at radius 3 is 2.88 bits per heavy atom. The number of amides is 2. The topological polar surface area (TPSA) is 77.4 Å². The molecule has 7 heteroatoms. The maximum absolute atomic E-state index is 12.1. The van der Waals surface area contributed by atoms with Gasteiger partial charge in [-0.2, -0.15) is 0 Å². The lowest BCUT2D eigenvalue weighted by molar-refractivity contribution is 0.251. The summed E-state index contributed by atoms with van der Waals surface area (Å²) >= 11 is 0. The molecule has 0 saturated carbocycles. The number of benzene rings is 1. The van der Waals surface area contributed by atoms with Crippen molar-refractivity contribution >= 4 is 22.8 Å². The van der Waals surface area contributed by atoms with Crippen molar-refractivity contribution in [3.63, 3.8) is 0 Å². The van der Waals surface area contributed by atoms with Gasteiger partial charge in [0.25, 0.3) is 0 Å². The highest BCUT2D eigenvalue weighted by Gasteiger charge is 2.08. The van der Waals surface area contributed by atoms with E-state index in [0.29, 0.717) is 23.7 Å². The standard InChI is InChI=1S/C19H22N4O3/c1-25-15-6-7-16(17(13-15)26-2)22-19(24)21-10-4-11-23-12-8-14-5-3-9-20-18(14)23/h3,5-9,12-13H,4,10-11H2,1-2H3,(H2,21,22,24). The Labute approximate surface area is 151 Å². The molecule has 136 valence electrons. The molecular formula is C19H22N4O3. The molecule has 2 aromatic heterocycles. The highest BCUT2D eigenvalue weighted by atomic mass is 16.5. The molecule has 0 atom stereocenters. The minimum Gasteiger partial charge on any atom is -0.497 e. The van der Waals surface area contributed by atoms with Gasteiger partial charge in [0.2, 0.25) is 0 Å². The summed E-state index contributed by atoms with van der Waals surface area (Å²) in [6.45, 7) is 1.34. The number of hydrogen-bond acceptors (Lipinski definition) is 4. The molecule has 0 aliphatic rings. The van der Waals surface area contributed by atoms with E-state index in [4.69, 9.17) is 9.47 Å². The van der Waals surface area contributed by atoms with Crippen LogP contribution in [0.4, 0.5) is 10.5 Å². The molecule has 3 rings (SSSR count). The fourth-order valence-corrected chi connectivity index (χ4v) is 2.72. The van der Waals surface area contributed by atoms with E-state index < -0.39 is 0 Å². The van der Waals surface area contributed by atoms with Crippen LogP contribution in [0.15, 0.2) is 48.8 Å². The van der Waals surface area contributed by atoms with E-state index in [1.54, 1.807) is 38.6 Å². The van der Waals surface area contributed by atoms with Gasteiger partial charge >= 0.3 is 6.03 Å². The zero-order valence-electron chi connectivity index (χ0n) is 14.9. The number of anilines is 1. The molecule has 2 N–H and O–H groups in total. The van der Waals surface area contributed by atoms with Crippen LogP contribution in [0.2, 0.25) is 0 Å². The number of rotatable bonds is 7. The maximum Gasteiger partial charge on any atom is 0.319 e. The minimum atomic E-state index is -0.274. The van der Waals surface area contributed by atoms with E-state index in [1.807, 2.05) is 24.4 Å². The van der Waals surface area contributed by atoms with Gasteiger partial charge < -0.3 is 24.7 Å². The van der Waals surface area contributed by atoms with Crippen molar-refractivity contribution in [3.8, 4) is 11.5 Å². The maximum atomic E-state index is 12.1.